The summed E-state index contributed by atoms with van der Waals surface area (Å²) in [4.78, 5) is 13.6. The Balaban J connectivity index is 1.57. The molecule has 0 fully saturated rings. The van der Waals surface area contributed by atoms with Crippen molar-refractivity contribution < 1.29 is 14.3 Å². The number of carbonyl (C=O) groups excluding carboxylic acids is 1. The first-order valence-electron chi connectivity index (χ1n) is 11.2. The third-order valence-corrected chi connectivity index (χ3v) is 6.04. The first kappa shape index (κ1) is 23.4. The molecule has 5 rings (SSSR count). The van der Waals surface area contributed by atoms with Crippen molar-refractivity contribution in [2.24, 2.45) is 5.10 Å². The number of hydrazone groups is 1. The maximum absolute atomic E-state index is 13.6. The average Bonchev–Trinajstić information content (AvgIpc) is 3.21. The van der Waals surface area contributed by atoms with Crippen LogP contribution in [0, 0.1) is 6.92 Å². The highest BCUT2D eigenvalue weighted by Gasteiger charge is 2.30. The summed E-state index contributed by atoms with van der Waals surface area (Å²) >= 11 is 6.13. The number of methoxy groups -OCH3 is 2. The van der Waals surface area contributed by atoms with Crippen LogP contribution < -0.4 is 19.8 Å². The zero-order valence-electron chi connectivity index (χ0n) is 19.9. The number of ether oxygens (including phenoxy) is 2. The standard InChI is InChI=1S/C26H23ClN6O3/c1-16-29-30-26-32(16)22-7-5-4-6-20(22)25(17-8-10-18(27)11-9-17)31-33(26)24(34)15-28-21-14-19(35-2)12-13-23(21)36-3/h4-14,28H,15H2,1-3H3. The minimum atomic E-state index is -0.340. The van der Waals surface area contributed by atoms with E-state index in [1.54, 1.807) is 44.6 Å². The van der Waals surface area contributed by atoms with Crippen molar-refractivity contribution in [3.63, 3.8) is 0 Å². The molecule has 3 aromatic carbocycles. The lowest BCUT2D eigenvalue weighted by Crippen LogP contribution is -2.33. The molecule has 182 valence electrons. The van der Waals surface area contributed by atoms with E-state index in [2.05, 4.69) is 15.5 Å². The number of rotatable bonds is 6. The Morgan fingerprint density at radius 3 is 2.53 bits per heavy atom. The molecule has 0 radical (unpaired) electrons. The van der Waals surface area contributed by atoms with Crippen molar-refractivity contribution in [2.75, 3.05) is 31.1 Å². The van der Waals surface area contributed by atoms with Gasteiger partial charge >= 0.3 is 0 Å². The minimum absolute atomic E-state index is 0.0802. The van der Waals surface area contributed by atoms with E-state index in [1.165, 1.54) is 5.01 Å². The van der Waals surface area contributed by atoms with Crippen LogP contribution in [0.2, 0.25) is 5.02 Å². The summed E-state index contributed by atoms with van der Waals surface area (Å²) in [6.45, 7) is 1.76. The fraction of sp³-hybridized carbons (Fsp3) is 0.154. The lowest BCUT2D eigenvalue weighted by molar-refractivity contribution is -0.117. The number of anilines is 2. The SMILES string of the molecule is COc1ccc(OC)c(NCC(=O)N2N=C(c3ccc(Cl)cc3)c3ccccc3-n3c(C)nnc32)c1. The van der Waals surface area contributed by atoms with E-state index in [1.807, 2.05) is 47.9 Å². The van der Waals surface area contributed by atoms with Gasteiger partial charge in [-0.2, -0.15) is 10.1 Å². The molecule has 0 saturated heterocycles. The van der Waals surface area contributed by atoms with Crippen molar-refractivity contribution in [1.29, 1.82) is 0 Å². The molecule has 0 saturated carbocycles. The van der Waals surface area contributed by atoms with E-state index >= 15 is 0 Å². The summed E-state index contributed by atoms with van der Waals surface area (Å²) in [7, 11) is 3.14. The number of carbonyl (C=O) groups is 1. The quantitative estimate of drug-likeness (QED) is 0.418. The van der Waals surface area contributed by atoms with Crippen LogP contribution in [0.5, 0.6) is 11.5 Å². The van der Waals surface area contributed by atoms with Gasteiger partial charge in [0.15, 0.2) is 0 Å². The Labute approximate surface area is 212 Å². The third kappa shape index (κ3) is 4.25. The second-order valence-electron chi connectivity index (χ2n) is 7.98. The second-order valence-corrected chi connectivity index (χ2v) is 8.42. The third-order valence-electron chi connectivity index (χ3n) is 5.79. The summed E-state index contributed by atoms with van der Waals surface area (Å²) in [5.41, 5.74) is 3.69. The van der Waals surface area contributed by atoms with Gasteiger partial charge in [0.05, 0.1) is 32.1 Å². The predicted molar refractivity (Wildman–Crippen MR) is 139 cm³/mol. The van der Waals surface area contributed by atoms with Gasteiger partial charge in [0, 0.05) is 22.2 Å². The van der Waals surface area contributed by atoms with E-state index < -0.39 is 0 Å². The normalized spacial score (nSPS) is 12.2. The molecular formula is C26H23ClN6O3. The van der Waals surface area contributed by atoms with E-state index in [4.69, 9.17) is 26.2 Å². The monoisotopic (exact) mass is 502 g/mol. The molecule has 0 atom stereocenters. The van der Waals surface area contributed by atoms with Crippen LogP contribution in [0.4, 0.5) is 11.6 Å². The second kappa shape index (κ2) is 9.71. The number of amides is 1. The first-order valence-corrected chi connectivity index (χ1v) is 11.5. The highest BCUT2D eigenvalue weighted by molar-refractivity contribution is 6.30. The van der Waals surface area contributed by atoms with Gasteiger partial charge in [-0.05, 0) is 37.3 Å². The Bertz CT molecular complexity index is 1470. The fourth-order valence-electron chi connectivity index (χ4n) is 4.02. The Kier molecular flexibility index (Phi) is 6.30. The summed E-state index contributed by atoms with van der Waals surface area (Å²) in [5.74, 6) is 1.80. The smallest absolute Gasteiger partial charge is 0.269 e. The van der Waals surface area contributed by atoms with Gasteiger partial charge in [-0.3, -0.25) is 9.36 Å². The highest BCUT2D eigenvalue weighted by atomic mass is 35.5. The zero-order valence-corrected chi connectivity index (χ0v) is 20.7. The summed E-state index contributed by atoms with van der Waals surface area (Å²) < 4.78 is 12.6. The predicted octanol–water partition coefficient (Wildman–Crippen LogP) is 4.46. The number of hydrogen-bond acceptors (Lipinski definition) is 7. The largest absolute Gasteiger partial charge is 0.497 e. The number of aromatic nitrogens is 3. The molecule has 9 nitrogen and oxygen atoms in total. The van der Waals surface area contributed by atoms with Gasteiger partial charge in [-0.1, -0.05) is 41.9 Å². The van der Waals surface area contributed by atoms with Crippen LogP contribution in [-0.4, -0.2) is 47.1 Å². The molecule has 0 unspecified atom stereocenters. The van der Waals surface area contributed by atoms with E-state index in [-0.39, 0.29) is 12.5 Å². The van der Waals surface area contributed by atoms with Crippen LogP contribution in [-0.2, 0) is 4.79 Å². The van der Waals surface area contributed by atoms with Crippen LogP contribution in [0.1, 0.15) is 17.0 Å². The summed E-state index contributed by atoms with van der Waals surface area (Å²) in [6.07, 6.45) is 0. The van der Waals surface area contributed by atoms with Crippen LogP contribution in [0.25, 0.3) is 5.69 Å². The van der Waals surface area contributed by atoms with Gasteiger partial charge in [-0.15, -0.1) is 10.2 Å². The molecule has 1 aliphatic heterocycles. The van der Waals surface area contributed by atoms with Crippen molar-refractivity contribution >= 4 is 34.9 Å². The Morgan fingerprint density at radius 2 is 1.78 bits per heavy atom. The minimum Gasteiger partial charge on any atom is -0.497 e. The van der Waals surface area contributed by atoms with Crippen molar-refractivity contribution in [3.8, 4) is 17.2 Å². The van der Waals surface area contributed by atoms with Crippen LogP contribution >= 0.6 is 11.6 Å². The Morgan fingerprint density at radius 1 is 1.00 bits per heavy atom. The van der Waals surface area contributed by atoms with Crippen molar-refractivity contribution in [3.05, 3.63) is 88.7 Å². The van der Waals surface area contributed by atoms with Crippen LogP contribution in [0.15, 0.2) is 71.8 Å². The first-order chi connectivity index (χ1) is 17.5. The fourth-order valence-corrected chi connectivity index (χ4v) is 4.15. The summed E-state index contributed by atoms with van der Waals surface area (Å²) in [5, 5.41) is 18.3. The topological polar surface area (TPSA) is 93.9 Å². The lowest BCUT2D eigenvalue weighted by atomic mass is 10.0. The number of halogens is 1. The molecule has 1 N–H and O–H groups in total. The lowest BCUT2D eigenvalue weighted by Gasteiger charge is -2.17. The van der Waals surface area contributed by atoms with E-state index in [0.717, 1.165) is 16.8 Å². The molecule has 2 heterocycles. The molecule has 0 spiro atoms. The number of nitrogens with zero attached hydrogens (tertiary/aromatic N) is 5. The van der Waals surface area contributed by atoms with E-state index in [0.29, 0.717) is 39.7 Å². The molecular weight excluding hydrogens is 480 g/mol. The van der Waals surface area contributed by atoms with Gasteiger partial charge < -0.3 is 14.8 Å². The van der Waals surface area contributed by atoms with Gasteiger partial charge in [0.25, 0.3) is 11.9 Å². The number of aryl methyl sites for hydroxylation is 1. The zero-order chi connectivity index (χ0) is 25.2. The molecule has 1 aliphatic rings. The molecule has 1 aromatic heterocycles. The maximum atomic E-state index is 13.6. The molecule has 10 heteroatoms. The highest BCUT2D eigenvalue weighted by Crippen LogP contribution is 2.31. The number of benzene rings is 3. The average molecular weight is 503 g/mol. The van der Waals surface area contributed by atoms with Crippen molar-refractivity contribution in [2.45, 2.75) is 6.92 Å². The Hall–Kier alpha value is -4.37. The van der Waals surface area contributed by atoms with Gasteiger partial charge in [-0.25, -0.2) is 0 Å². The van der Waals surface area contributed by atoms with Crippen LogP contribution in [0.3, 0.4) is 0 Å². The number of hydrogen-bond donors (Lipinski definition) is 1. The van der Waals surface area contributed by atoms with E-state index in [9.17, 15) is 4.79 Å². The van der Waals surface area contributed by atoms with Crippen molar-refractivity contribution in [1.82, 2.24) is 14.8 Å². The molecule has 0 aliphatic carbocycles. The molecule has 1 amide bonds. The number of fused-ring (bicyclic) bond motifs is 3. The number of nitrogens with one attached hydrogen (secondary N) is 1. The maximum Gasteiger partial charge on any atom is 0.269 e. The number of para-hydroxylation sites is 1. The van der Waals surface area contributed by atoms with Gasteiger partial charge in [0.2, 0.25) is 0 Å². The summed E-state index contributed by atoms with van der Waals surface area (Å²) in [6, 6.07) is 20.4. The molecule has 0 bridgehead atoms. The molecule has 36 heavy (non-hydrogen) atoms. The van der Waals surface area contributed by atoms with Gasteiger partial charge in [0.1, 0.15) is 23.0 Å². The molecule has 4 aromatic rings.